The first-order valence-corrected chi connectivity index (χ1v) is 10.1. The lowest BCUT2D eigenvalue weighted by atomic mass is 9.96. The van der Waals surface area contributed by atoms with Crippen LogP contribution in [0.4, 0.5) is 5.00 Å². The zero-order chi connectivity index (χ0) is 19.6. The van der Waals surface area contributed by atoms with Crippen molar-refractivity contribution in [1.82, 2.24) is 0 Å². The number of nitrogens with zero attached hydrogens (tertiary/aromatic N) is 2. The van der Waals surface area contributed by atoms with Crippen LogP contribution in [0.5, 0.6) is 5.75 Å². The van der Waals surface area contributed by atoms with Crippen LogP contribution in [0, 0.1) is 22.7 Å². The monoisotopic (exact) mass is 461 g/mol. The maximum Gasteiger partial charge on any atom is 0.266 e. The molecule has 0 aliphatic heterocycles. The fraction of sp³-hybridized carbons (Fsp3) is 0.211. The number of thiophene rings is 1. The molecule has 0 saturated carbocycles. The highest BCUT2D eigenvalue weighted by Gasteiger charge is 2.23. The number of nitriles is 2. The molecule has 0 unspecified atom stereocenters. The largest absolute Gasteiger partial charge is 0.506 e. The van der Waals surface area contributed by atoms with Gasteiger partial charge in [-0.3, -0.25) is 4.79 Å². The van der Waals surface area contributed by atoms with Crippen molar-refractivity contribution in [3.05, 3.63) is 48.8 Å². The Balaban J connectivity index is 1.93. The average Bonchev–Trinajstić information content (AvgIpc) is 3.00. The minimum atomic E-state index is -0.636. The predicted molar refractivity (Wildman–Crippen MR) is 109 cm³/mol. The van der Waals surface area contributed by atoms with Gasteiger partial charge in [-0.05, 0) is 65.4 Å². The van der Waals surface area contributed by atoms with E-state index in [9.17, 15) is 20.4 Å². The summed E-state index contributed by atoms with van der Waals surface area (Å²) in [6, 6.07) is 6.97. The number of carbonyl (C=O) groups is 1. The molecule has 0 atom stereocenters. The van der Waals surface area contributed by atoms with Gasteiger partial charge in [0, 0.05) is 15.5 Å². The Morgan fingerprint density at radius 2 is 2.07 bits per heavy atom. The van der Waals surface area contributed by atoms with Gasteiger partial charge in [0.1, 0.15) is 28.5 Å². The number of amides is 1. The lowest BCUT2D eigenvalue weighted by molar-refractivity contribution is -0.112. The van der Waals surface area contributed by atoms with E-state index in [0.717, 1.165) is 36.1 Å². The third kappa shape index (κ3) is 4.01. The number of anilines is 1. The fourth-order valence-corrected chi connectivity index (χ4v) is 5.01. The highest BCUT2D eigenvalue weighted by molar-refractivity contribution is 9.10. The number of hydrogen-bond donors (Lipinski definition) is 2. The summed E-state index contributed by atoms with van der Waals surface area (Å²) in [4.78, 5) is 13.7. The van der Waals surface area contributed by atoms with Crippen molar-refractivity contribution in [3.63, 3.8) is 0 Å². The van der Waals surface area contributed by atoms with E-state index in [4.69, 9.17) is 11.6 Å². The number of halogens is 2. The zero-order valence-corrected chi connectivity index (χ0v) is 17.1. The molecular formula is C19H13BrClN3O2S. The maximum absolute atomic E-state index is 12.6. The smallest absolute Gasteiger partial charge is 0.266 e. The van der Waals surface area contributed by atoms with E-state index in [1.54, 1.807) is 0 Å². The Labute approximate surface area is 173 Å². The van der Waals surface area contributed by atoms with Gasteiger partial charge in [0.25, 0.3) is 5.91 Å². The van der Waals surface area contributed by atoms with E-state index in [-0.39, 0.29) is 16.9 Å². The first kappa shape index (κ1) is 19.4. The molecule has 5 nitrogen and oxygen atoms in total. The van der Waals surface area contributed by atoms with Crippen LogP contribution in [0.15, 0.2) is 22.2 Å². The van der Waals surface area contributed by atoms with Gasteiger partial charge >= 0.3 is 0 Å². The third-order valence-corrected chi connectivity index (χ3v) is 6.26. The molecule has 1 heterocycles. The van der Waals surface area contributed by atoms with Gasteiger partial charge in [-0.25, -0.2) is 0 Å². The van der Waals surface area contributed by atoms with Gasteiger partial charge in [0.15, 0.2) is 0 Å². The van der Waals surface area contributed by atoms with Crippen LogP contribution in [-0.4, -0.2) is 11.0 Å². The molecule has 2 aromatic rings. The van der Waals surface area contributed by atoms with Gasteiger partial charge in [-0.1, -0.05) is 11.6 Å². The number of aromatic hydroxyl groups is 1. The van der Waals surface area contributed by atoms with Gasteiger partial charge in [-0.2, -0.15) is 10.5 Å². The average molecular weight is 463 g/mol. The number of phenolic OH excluding ortho intramolecular Hbond substituents is 1. The highest BCUT2D eigenvalue weighted by atomic mass is 79.9. The van der Waals surface area contributed by atoms with Crippen LogP contribution >= 0.6 is 38.9 Å². The van der Waals surface area contributed by atoms with Crippen molar-refractivity contribution in [2.24, 2.45) is 0 Å². The molecule has 0 spiro atoms. The number of rotatable bonds is 3. The number of nitrogens with one attached hydrogen (secondary N) is 1. The van der Waals surface area contributed by atoms with Crippen LogP contribution in [0.2, 0.25) is 5.02 Å². The van der Waals surface area contributed by atoms with Gasteiger partial charge in [0.2, 0.25) is 0 Å². The first-order chi connectivity index (χ1) is 12.9. The maximum atomic E-state index is 12.6. The summed E-state index contributed by atoms with van der Waals surface area (Å²) in [5.41, 5.74) is 1.53. The Morgan fingerprint density at radius 3 is 2.78 bits per heavy atom. The summed E-state index contributed by atoms with van der Waals surface area (Å²) >= 11 is 10.5. The Kier molecular flexibility index (Phi) is 5.86. The fourth-order valence-electron chi connectivity index (χ4n) is 2.94. The summed E-state index contributed by atoms with van der Waals surface area (Å²) < 4.78 is 0.358. The molecule has 27 heavy (non-hydrogen) atoms. The van der Waals surface area contributed by atoms with Crippen LogP contribution in [-0.2, 0) is 17.6 Å². The summed E-state index contributed by atoms with van der Waals surface area (Å²) in [5.74, 6) is -0.757. The molecule has 3 rings (SSSR count). The second-order valence-electron chi connectivity index (χ2n) is 5.98. The summed E-state index contributed by atoms with van der Waals surface area (Å²) in [6.07, 6.45) is 5.09. The lowest BCUT2D eigenvalue weighted by Gasteiger charge is -2.09. The molecule has 0 saturated heterocycles. The minimum Gasteiger partial charge on any atom is -0.506 e. The molecule has 0 bridgehead atoms. The molecule has 0 fully saturated rings. The predicted octanol–water partition coefficient (Wildman–Crippen LogP) is 5.17. The van der Waals surface area contributed by atoms with Crippen LogP contribution < -0.4 is 5.32 Å². The quantitative estimate of drug-likeness (QED) is 0.486. The second kappa shape index (κ2) is 8.14. The van der Waals surface area contributed by atoms with Gasteiger partial charge < -0.3 is 10.4 Å². The first-order valence-electron chi connectivity index (χ1n) is 8.10. The topological polar surface area (TPSA) is 96.9 Å². The normalized spacial score (nSPS) is 13.4. The number of carbonyl (C=O) groups excluding carboxylic acids is 1. The van der Waals surface area contributed by atoms with Crippen molar-refractivity contribution in [2.75, 3.05) is 5.32 Å². The van der Waals surface area contributed by atoms with Crippen molar-refractivity contribution < 1.29 is 9.90 Å². The molecule has 1 aromatic heterocycles. The zero-order valence-electron chi connectivity index (χ0n) is 14.0. The number of aryl methyl sites for hydroxylation is 1. The van der Waals surface area contributed by atoms with Crippen molar-refractivity contribution in [3.8, 4) is 17.9 Å². The SMILES string of the molecule is N#CC(=Cc1cc(Cl)cc(Br)c1O)C(=O)Nc1sc2c(c1C#N)CCCC2. The van der Waals surface area contributed by atoms with Gasteiger partial charge in [-0.15, -0.1) is 11.3 Å². The Bertz CT molecular complexity index is 1050. The molecule has 1 amide bonds. The van der Waals surface area contributed by atoms with Crippen molar-refractivity contribution >= 4 is 55.9 Å². The molecule has 1 aliphatic rings. The summed E-state index contributed by atoms with van der Waals surface area (Å²) in [7, 11) is 0. The lowest BCUT2D eigenvalue weighted by Crippen LogP contribution is -2.13. The van der Waals surface area contributed by atoms with Crippen LogP contribution in [0.25, 0.3) is 6.08 Å². The van der Waals surface area contributed by atoms with E-state index < -0.39 is 5.91 Å². The van der Waals surface area contributed by atoms with E-state index in [2.05, 4.69) is 27.3 Å². The van der Waals surface area contributed by atoms with Crippen LogP contribution in [0.3, 0.4) is 0 Å². The number of hydrogen-bond acceptors (Lipinski definition) is 5. The molecule has 2 N–H and O–H groups in total. The molecule has 136 valence electrons. The minimum absolute atomic E-state index is 0.121. The summed E-state index contributed by atoms with van der Waals surface area (Å²) in [5, 5.41) is 32.5. The van der Waals surface area contributed by atoms with E-state index in [1.165, 1.54) is 29.5 Å². The van der Waals surface area contributed by atoms with E-state index in [1.807, 2.05) is 6.07 Å². The molecule has 0 radical (unpaired) electrons. The van der Waals surface area contributed by atoms with E-state index >= 15 is 0 Å². The van der Waals surface area contributed by atoms with Gasteiger partial charge in [0.05, 0.1) is 10.0 Å². The third-order valence-electron chi connectivity index (χ3n) is 4.23. The molecular weight excluding hydrogens is 450 g/mol. The summed E-state index contributed by atoms with van der Waals surface area (Å²) in [6.45, 7) is 0. The van der Waals surface area contributed by atoms with Crippen molar-refractivity contribution in [2.45, 2.75) is 25.7 Å². The molecule has 1 aromatic carbocycles. The number of fused-ring (bicyclic) bond motifs is 1. The second-order valence-corrected chi connectivity index (χ2v) is 8.37. The molecule has 8 heteroatoms. The number of benzene rings is 1. The standard InChI is InChI=1S/C19H13BrClN3O2S/c20-15-7-12(21)6-10(17(15)25)5-11(8-22)18(26)24-19-14(9-23)13-3-1-2-4-16(13)27-19/h5-7,25H,1-4H2,(H,24,26). The van der Waals surface area contributed by atoms with E-state index in [0.29, 0.717) is 20.1 Å². The number of phenols is 1. The molecule has 1 aliphatic carbocycles. The Morgan fingerprint density at radius 1 is 1.33 bits per heavy atom. The van der Waals surface area contributed by atoms with Crippen LogP contribution in [0.1, 0.15) is 34.4 Å². The highest BCUT2D eigenvalue weighted by Crippen LogP contribution is 2.38. The van der Waals surface area contributed by atoms with Crippen molar-refractivity contribution in [1.29, 1.82) is 10.5 Å². The Hall–Kier alpha value is -2.32.